The van der Waals surface area contributed by atoms with Gasteiger partial charge >= 0.3 is 5.97 Å². The van der Waals surface area contributed by atoms with Crippen molar-refractivity contribution in [1.29, 1.82) is 0 Å². The summed E-state index contributed by atoms with van der Waals surface area (Å²) in [4.78, 5) is 11.0. The summed E-state index contributed by atoms with van der Waals surface area (Å²) in [5, 5.41) is 8.79. The van der Waals surface area contributed by atoms with Crippen molar-refractivity contribution in [3.8, 4) is 0 Å². The average Bonchev–Trinajstić information content (AvgIpc) is 2.71. The molecule has 2 rings (SSSR count). The summed E-state index contributed by atoms with van der Waals surface area (Å²) < 4.78 is 33.2. The Kier molecular flexibility index (Phi) is 3.29. The van der Waals surface area contributed by atoms with E-state index in [0.717, 1.165) is 6.07 Å². The minimum absolute atomic E-state index is 0.210. The molecular weight excluding hydrogens is 244 g/mol. The van der Waals surface area contributed by atoms with Crippen LogP contribution in [0.4, 0.5) is 8.78 Å². The molecule has 0 aliphatic carbocycles. The number of fused-ring (bicyclic) bond motifs is 1. The quantitative estimate of drug-likeness (QED) is 0.911. The van der Waals surface area contributed by atoms with Crippen LogP contribution < -0.4 is 0 Å². The number of methoxy groups -OCH3 is 1. The number of carboxylic acid groups (broad SMARTS) is 1. The number of aromatic carboxylic acids is 1. The van der Waals surface area contributed by atoms with Gasteiger partial charge in [0.15, 0.2) is 11.6 Å². The lowest BCUT2D eigenvalue weighted by Crippen LogP contribution is -2.02. The van der Waals surface area contributed by atoms with Crippen LogP contribution in [0.25, 0.3) is 10.9 Å². The van der Waals surface area contributed by atoms with E-state index in [2.05, 4.69) is 0 Å². The van der Waals surface area contributed by atoms with Gasteiger partial charge in [-0.3, -0.25) is 0 Å². The van der Waals surface area contributed by atoms with Crippen LogP contribution in [0.15, 0.2) is 18.3 Å². The molecule has 0 atom stereocenters. The van der Waals surface area contributed by atoms with Crippen molar-refractivity contribution in [3.05, 3.63) is 35.5 Å². The van der Waals surface area contributed by atoms with Crippen molar-refractivity contribution in [2.24, 2.45) is 0 Å². The first-order valence-corrected chi connectivity index (χ1v) is 5.25. The fraction of sp³-hybridized carbons (Fsp3) is 0.250. The Labute approximate surface area is 101 Å². The van der Waals surface area contributed by atoms with E-state index < -0.39 is 17.6 Å². The van der Waals surface area contributed by atoms with Gasteiger partial charge in [0.25, 0.3) is 0 Å². The molecule has 0 spiro atoms. The van der Waals surface area contributed by atoms with Crippen LogP contribution in [0, 0.1) is 11.6 Å². The summed E-state index contributed by atoms with van der Waals surface area (Å²) in [6.07, 6.45) is 1.29. The Morgan fingerprint density at radius 2 is 2.17 bits per heavy atom. The number of nitrogens with zero attached hydrogens (tertiary/aromatic N) is 1. The van der Waals surface area contributed by atoms with Crippen molar-refractivity contribution in [2.75, 3.05) is 13.7 Å². The van der Waals surface area contributed by atoms with Crippen molar-refractivity contribution in [2.45, 2.75) is 6.54 Å². The number of carbonyl (C=O) groups is 1. The second-order valence-electron chi connectivity index (χ2n) is 3.79. The van der Waals surface area contributed by atoms with Gasteiger partial charge in [0, 0.05) is 19.9 Å². The Bertz CT molecular complexity index is 607. The summed E-state index contributed by atoms with van der Waals surface area (Å²) >= 11 is 0. The van der Waals surface area contributed by atoms with Gasteiger partial charge in [-0.15, -0.1) is 0 Å². The van der Waals surface area contributed by atoms with E-state index in [-0.39, 0.29) is 10.9 Å². The van der Waals surface area contributed by atoms with E-state index in [4.69, 9.17) is 9.84 Å². The molecule has 0 amide bonds. The molecule has 0 unspecified atom stereocenters. The summed E-state index contributed by atoms with van der Waals surface area (Å²) in [5.41, 5.74) is 0.0847. The minimum Gasteiger partial charge on any atom is -0.478 e. The third-order valence-electron chi connectivity index (χ3n) is 2.70. The molecule has 1 aromatic carbocycles. The number of aromatic nitrogens is 1. The second kappa shape index (κ2) is 4.73. The van der Waals surface area contributed by atoms with Crippen LogP contribution in [0.2, 0.25) is 0 Å². The zero-order valence-electron chi connectivity index (χ0n) is 9.61. The van der Waals surface area contributed by atoms with E-state index in [9.17, 15) is 13.6 Å². The predicted molar refractivity (Wildman–Crippen MR) is 60.7 cm³/mol. The molecular formula is C12H11F2NO3. The largest absolute Gasteiger partial charge is 0.478 e. The monoisotopic (exact) mass is 255 g/mol. The fourth-order valence-corrected chi connectivity index (χ4v) is 1.86. The maximum Gasteiger partial charge on any atom is 0.337 e. The summed E-state index contributed by atoms with van der Waals surface area (Å²) in [5.74, 6) is -3.49. The molecule has 96 valence electrons. The van der Waals surface area contributed by atoms with Gasteiger partial charge in [0.1, 0.15) is 0 Å². The number of halogens is 2. The van der Waals surface area contributed by atoms with Crippen molar-refractivity contribution in [3.63, 3.8) is 0 Å². The van der Waals surface area contributed by atoms with Crippen molar-refractivity contribution in [1.82, 2.24) is 4.57 Å². The molecule has 18 heavy (non-hydrogen) atoms. The van der Waals surface area contributed by atoms with Gasteiger partial charge in [-0.25, -0.2) is 13.6 Å². The van der Waals surface area contributed by atoms with Crippen LogP contribution in [-0.2, 0) is 11.3 Å². The summed E-state index contributed by atoms with van der Waals surface area (Å²) in [6.45, 7) is 0.715. The van der Waals surface area contributed by atoms with Crippen LogP contribution in [0.3, 0.4) is 0 Å². The molecule has 0 saturated carbocycles. The number of benzene rings is 1. The zero-order chi connectivity index (χ0) is 13.3. The minimum atomic E-state index is -1.29. The van der Waals surface area contributed by atoms with E-state index in [1.165, 1.54) is 23.9 Å². The normalized spacial score (nSPS) is 11.1. The molecule has 0 aliphatic heterocycles. The molecule has 0 fully saturated rings. The highest BCUT2D eigenvalue weighted by Gasteiger charge is 2.19. The van der Waals surface area contributed by atoms with Gasteiger partial charge in [-0.2, -0.15) is 0 Å². The topological polar surface area (TPSA) is 51.5 Å². The smallest absolute Gasteiger partial charge is 0.337 e. The van der Waals surface area contributed by atoms with Crippen LogP contribution in [0.5, 0.6) is 0 Å². The lowest BCUT2D eigenvalue weighted by atomic mass is 10.1. The molecule has 1 aromatic heterocycles. The number of hydrogen-bond donors (Lipinski definition) is 1. The number of hydrogen-bond acceptors (Lipinski definition) is 2. The lowest BCUT2D eigenvalue weighted by Gasteiger charge is -2.04. The average molecular weight is 255 g/mol. The van der Waals surface area contributed by atoms with Gasteiger partial charge in [-0.05, 0) is 12.1 Å². The molecule has 2 aromatic rings. The molecule has 0 aliphatic rings. The number of rotatable bonds is 4. The standard InChI is InChI=1S/C12H11F2NO3/c1-18-5-4-15-6-7(12(16)17)10-9(15)3-2-8(13)11(10)14/h2-3,6H,4-5H2,1H3,(H,16,17). The first kappa shape index (κ1) is 12.5. The van der Waals surface area contributed by atoms with Gasteiger partial charge < -0.3 is 14.4 Å². The second-order valence-corrected chi connectivity index (χ2v) is 3.79. The molecule has 1 heterocycles. The van der Waals surface area contributed by atoms with Gasteiger partial charge in [-0.1, -0.05) is 0 Å². The SMILES string of the molecule is COCCn1cc(C(=O)O)c2c(F)c(F)ccc21. The van der Waals surface area contributed by atoms with Gasteiger partial charge in [0.05, 0.1) is 23.1 Å². The zero-order valence-corrected chi connectivity index (χ0v) is 9.61. The van der Waals surface area contributed by atoms with Gasteiger partial charge in [0.2, 0.25) is 0 Å². The summed E-state index contributed by atoms with van der Waals surface area (Å²) in [7, 11) is 1.50. The van der Waals surface area contributed by atoms with Crippen LogP contribution in [0.1, 0.15) is 10.4 Å². The fourth-order valence-electron chi connectivity index (χ4n) is 1.86. The molecule has 0 saturated heterocycles. The first-order valence-electron chi connectivity index (χ1n) is 5.25. The van der Waals surface area contributed by atoms with E-state index in [1.54, 1.807) is 0 Å². The highest BCUT2D eigenvalue weighted by atomic mass is 19.2. The molecule has 0 radical (unpaired) electrons. The third kappa shape index (κ3) is 1.95. The highest BCUT2D eigenvalue weighted by Crippen LogP contribution is 2.26. The van der Waals surface area contributed by atoms with Crippen LogP contribution in [-0.4, -0.2) is 29.4 Å². The third-order valence-corrected chi connectivity index (χ3v) is 2.70. The first-order chi connectivity index (χ1) is 8.56. The number of carboxylic acids is 1. The maximum atomic E-state index is 13.7. The molecule has 1 N–H and O–H groups in total. The molecule has 6 heteroatoms. The lowest BCUT2D eigenvalue weighted by molar-refractivity contribution is 0.0698. The molecule has 4 nitrogen and oxygen atoms in total. The van der Waals surface area contributed by atoms with E-state index in [1.807, 2.05) is 0 Å². The highest BCUT2D eigenvalue weighted by molar-refractivity contribution is 6.03. The van der Waals surface area contributed by atoms with Crippen molar-refractivity contribution < 1.29 is 23.4 Å². The van der Waals surface area contributed by atoms with Crippen molar-refractivity contribution >= 4 is 16.9 Å². The summed E-state index contributed by atoms with van der Waals surface area (Å²) in [6, 6.07) is 2.34. The predicted octanol–water partition coefficient (Wildman–Crippen LogP) is 2.26. The maximum absolute atomic E-state index is 13.7. The molecule has 0 bridgehead atoms. The Balaban J connectivity index is 2.68. The van der Waals surface area contributed by atoms with E-state index >= 15 is 0 Å². The number of ether oxygens (including phenoxy) is 1. The van der Waals surface area contributed by atoms with Crippen LogP contribution >= 0.6 is 0 Å². The Morgan fingerprint density at radius 3 is 2.78 bits per heavy atom. The Hall–Kier alpha value is -1.95. The Morgan fingerprint density at radius 1 is 1.44 bits per heavy atom. The van der Waals surface area contributed by atoms with E-state index in [0.29, 0.717) is 18.7 Å².